The predicted octanol–water partition coefficient (Wildman–Crippen LogP) is 2.21. The zero-order valence-electron chi connectivity index (χ0n) is 15.8. The molecule has 2 heterocycles. The zero-order chi connectivity index (χ0) is 19.3. The second-order valence-corrected chi connectivity index (χ2v) is 7.23. The van der Waals surface area contributed by atoms with Crippen molar-refractivity contribution in [3.05, 3.63) is 60.2 Å². The maximum Gasteiger partial charge on any atom is 0.248 e. The number of nitrogens with zero attached hydrogens (tertiary/aromatic N) is 2. The van der Waals surface area contributed by atoms with E-state index in [2.05, 4.69) is 46.6 Å². The average molecular weight is 379 g/mol. The fraction of sp³-hybridized carbons (Fsp3) is 0.364. The number of piperazine rings is 1. The van der Waals surface area contributed by atoms with Crippen LogP contribution in [0.1, 0.15) is 18.4 Å². The molecule has 2 amide bonds. The van der Waals surface area contributed by atoms with E-state index >= 15 is 0 Å². The van der Waals surface area contributed by atoms with E-state index in [-0.39, 0.29) is 18.2 Å². The first kappa shape index (κ1) is 18.7. The Hall–Kier alpha value is -2.70. The van der Waals surface area contributed by atoms with Gasteiger partial charge in [-0.15, -0.1) is 0 Å². The predicted molar refractivity (Wildman–Crippen MR) is 106 cm³/mol. The summed E-state index contributed by atoms with van der Waals surface area (Å²) in [6.07, 6.45) is 0.994. The van der Waals surface area contributed by atoms with E-state index in [1.54, 1.807) is 0 Å². The summed E-state index contributed by atoms with van der Waals surface area (Å²) in [5.74, 6) is -0.205. The molecule has 2 saturated heterocycles. The minimum atomic E-state index is -0.459. The van der Waals surface area contributed by atoms with Gasteiger partial charge >= 0.3 is 0 Å². The van der Waals surface area contributed by atoms with Crippen molar-refractivity contribution < 1.29 is 14.4 Å². The molecular formula is C22H25N3O3. The van der Waals surface area contributed by atoms with Gasteiger partial charge in [-0.05, 0) is 23.1 Å². The summed E-state index contributed by atoms with van der Waals surface area (Å²) >= 11 is 0. The summed E-state index contributed by atoms with van der Waals surface area (Å²) in [4.78, 5) is 32.3. The molecule has 1 atom stereocenters. The number of hydrogen-bond donors (Lipinski definition) is 1. The third-order valence-electron chi connectivity index (χ3n) is 5.29. The van der Waals surface area contributed by atoms with Crippen LogP contribution >= 0.6 is 0 Å². The molecule has 2 aliphatic heterocycles. The zero-order valence-corrected chi connectivity index (χ0v) is 15.8. The van der Waals surface area contributed by atoms with Gasteiger partial charge in [0.1, 0.15) is 0 Å². The molecule has 2 aliphatic rings. The Morgan fingerprint density at radius 2 is 1.79 bits per heavy atom. The molecule has 1 N–H and O–H groups in total. The van der Waals surface area contributed by atoms with E-state index in [1.165, 1.54) is 16.2 Å². The molecule has 28 heavy (non-hydrogen) atoms. The molecule has 6 nitrogen and oxygen atoms in total. The number of carbonyl (C=O) groups excluding carboxylic acids is 2. The van der Waals surface area contributed by atoms with Gasteiger partial charge in [0, 0.05) is 19.6 Å². The largest absolute Gasteiger partial charge is 0.353 e. The number of benzene rings is 2. The first-order chi connectivity index (χ1) is 13.7. The highest BCUT2D eigenvalue weighted by Crippen LogP contribution is 2.21. The molecule has 4 rings (SSSR count). The minimum absolute atomic E-state index is 0.0836. The number of nitrogens with one attached hydrogen (secondary N) is 1. The highest BCUT2D eigenvalue weighted by atomic mass is 16.7. The van der Waals surface area contributed by atoms with Gasteiger partial charge in [0.15, 0.2) is 0 Å². The Morgan fingerprint density at radius 1 is 1.04 bits per heavy atom. The summed E-state index contributed by atoms with van der Waals surface area (Å²) in [7, 11) is 0. The van der Waals surface area contributed by atoms with E-state index in [0.717, 1.165) is 18.5 Å². The Labute approximate surface area is 165 Å². The van der Waals surface area contributed by atoms with Crippen molar-refractivity contribution in [1.82, 2.24) is 15.3 Å². The van der Waals surface area contributed by atoms with Crippen LogP contribution in [0.3, 0.4) is 0 Å². The third kappa shape index (κ3) is 4.24. The lowest BCUT2D eigenvalue weighted by Crippen LogP contribution is -2.56. The first-order valence-corrected chi connectivity index (χ1v) is 9.80. The molecule has 2 fully saturated rings. The Balaban J connectivity index is 1.44. The molecule has 2 aromatic rings. The van der Waals surface area contributed by atoms with E-state index in [4.69, 9.17) is 4.84 Å². The van der Waals surface area contributed by atoms with Crippen molar-refractivity contribution in [1.29, 1.82) is 0 Å². The summed E-state index contributed by atoms with van der Waals surface area (Å²) in [6, 6.07) is 18.2. The highest BCUT2D eigenvalue weighted by molar-refractivity contribution is 5.88. The Kier molecular flexibility index (Phi) is 5.69. The molecule has 146 valence electrons. The second-order valence-electron chi connectivity index (χ2n) is 7.23. The van der Waals surface area contributed by atoms with Crippen LogP contribution in [0, 0.1) is 0 Å². The molecule has 2 aromatic carbocycles. The highest BCUT2D eigenvalue weighted by Gasteiger charge is 2.33. The van der Waals surface area contributed by atoms with Crippen LogP contribution in [-0.2, 0) is 21.0 Å². The first-order valence-electron chi connectivity index (χ1n) is 9.80. The van der Waals surface area contributed by atoms with Gasteiger partial charge in [-0.1, -0.05) is 54.6 Å². The van der Waals surface area contributed by atoms with Crippen LogP contribution in [0.2, 0.25) is 0 Å². The number of carbonyl (C=O) groups is 2. The van der Waals surface area contributed by atoms with E-state index in [0.29, 0.717) is 26.2 Å². The summed E-state index contributed by atoms with van der Waals surface area (Å²) in [5, 5.41) is 4.28. The van der Waals surface area contributed by atoms with Gasteiger partial charge in [0.2, 0.25) is 11.8 Å². The smallest absolute Gasteiger partial charge is 0.248 e. The van der Waals surface area contributed by atoms with Crippen molar-refractivity contribution in [3.63, 3.8) is 0 Å². The van der Waals surface area contributed by atoms with Crippen LogP contribution < -0.4 is 5.32 Å². The van der Waals surface area contributed by atoms with Crippen LogP contribution in [0.4, 0.5) is 0 Å². The quantitative estimate of drug-likeness (QED) is 0.865. The number of hydroxylamine groups is 2. The van der Waals surface area contributed by atoms with E-state index < -0.39 is 6.04 Å². The monoisotopic (exact) mass is 379 g/mol. The average Bonchev–Trinajstić information content (AvgIpc) is 3.27. The molecule has 0 aliphatic carbocycles. The van der Waals surface area contributed by atoms with Crippen molar-refractivity contribution in [3.8, 4) is 11.1 Å². The van der Waals surface area contributed by atoms with Crippen molar-refractivity contribution in [2.75, 3.05) is 26.2 Å². The summed E-state index contributed by atoms with van der Waals surface area (Å²) in [5.41, 5.74) is 3.48. The maximum absolute atomic E-state index is 12.5. The van der Waals surface area contributed by atoms with Gasteiger partial charge in [-0.2, -0.15) is 0 Å². The molecule has 6 heteroatoms. The molecule has 0 bridgehead atoms. The molecule has 0 aromatic heterocycles. The van der Waals surface area contributed by atoms with Gasteiger partial charge in [-0.3, -0.25) is 19.3 Å². The Bertz CT molecular complexity index is 817. The van der Waals surface area contributed by atoms with Crippen molar-refractivity contribution in [2.24, 2.45) is 0 Å². The molecule has 0 radical (unpaired) electrons. The SMILES string of the molecule is O=C1NCCN(Cc2ccc(-c3ccccc3)cc2)C1CC(=O)N1CCCO1. The lowest BCUT2D eigenvalue weighted by Gasteiger charge is -2.35. The lowest BCUT2D eigenvalue weighted by atomic mass is 10.0. The topological polar surface area (TPSA) is 61.9 Å². The number of rotatable bonds is 5. The summed E-state index contributed by atoms with van der Waals surface area (Å²) in [6.45, 7) is 3.15. The van der Waals surface area contributed by atoms with E-state index in [1.807, 2.05) is 18.2 Å². The molecular weight excluding hydrogens is 354 g/mol. The van der Waals surface area contributed by atoms with Crippen LogP contribution in [0.5, 0.6) is 0 Å². The maximum atomic E-state index is 12.5. The van der Waals surface area contributed by atoms with Crippen molar-refractivity contribution in [2.45, 2.75) is 25.4 Å². The molecule has 0 saturated carbocycles. The third-order valence-corrected chi connectivity index (χ3v) is 5.29. The number of hydrogen-bond acceptors (Lipinski definition) is 4. The van der Waals surface area contributed by atoms with Crippen LogP contribution in [-0.4, -0.2) is 54.1 Å². The fourth-order valence-corrected chi connectivity index (χ4v) is 3.75. The van der Waals surface area contributed by atoms with Gasteiger partial charge in [0.25, 0.3) is 0 Å². The van der Waals surface area contributed by atoms with E-state index in [9.17, 15) is 9.59 Å². The molecule has 1 unspecified atom stereocenters. The molecule has 0 spiro atoms. The van der Waals surface area contributed by atoms with Crippen molar-refractivity contribution >= 4 is 11.8 Å². The van der Waals surface area contributed by atoms with Gasteiger partial charge in [-0.25, -0.2) is 5.06 Å². The number of amides is 2. The standard InChI is InChI=1S/C22H25N3O3/c26-21(25-12-4-14-28-25)15-20-22(27)23-11-13-24(20)16-17-7-9-19(10-8-17)18-5-2-1-3-6-18/h1-3,5-10,20H,4,11-16H2,(H,23,27). The Morgan fingerprint density at radius 3 is 2.50 bits per heavy atom. The van der Waals surface area contributed by atoms with Crippen LogP contribution in [0.25, 0.3) is 11.1 Å². The van der Waals surface area contributed by atoms with Gasteiger partial charge in [0.05, 0.1) is 25.6 Å². The minimum Gasteiger partial charge on any atom is -0.353 e. The van der Waals surface area contributed by atoms with Crippen LogP contribution in [0.15, 0.2) is 54.6 Å². The van der Waals surface area contributed by atoms with Gasteiger partial charge < -0.3 is 5.32 Å². The lowest BCUT2D eigenvalue weighted by molar-refractivity contribution is -0.171. The summed E-state index contributed by atoms with van der Waals surface area (Å²) < 4.78 is 0. The second kappa shape index (κ2) is 8.54. The fourth-order valence-electron chi connectivity index (χ4n) is 3.75. The normalized spacial score (nSPS) is 20.2.